The van der Waals surface area contributed by atoms with Gasteiger partial charge in [0, 0.05) is 16.4 Å². The molecule has 3 rings (SSSR count). The number of hydrogen-bond donors (Lipinski definition) is 2. The quantitative estimate of drug-likeness (QED) is 0.604. The van der Waals surface area contributed by atoms with E-state index in [-0.39, 0.29) is 15.5 Å². The molecule has 0 heterocycles. The van der Waals surface area contributed by atoms with Crippen molar-refractivity contribution in [1.82, 2.24) is 0 Å². The average molecular weight is 437 g/mol. The van der Waals surface area contributed by atoms with Crippen molar-refractivity contribution in [2.24, 2.45) is 0 Å². The molecule has 0 saturated heterocycles. The van der Waals surface area contributed by atoms with Gasteiger partial charge in [0.2, 0.25) is 0 Å². The fourth-order valence-electron chi connectivity index (χ4n) is 2.50. The van der Waals surface area contributed by atoms with Gasteiger partial charge in [-0.1, -0.05) is 35.9 Å². The standard InChI is InChI=1S/C19H17ClN2O4S2/c1-14-7-8-15(20)13-19(14)28(25,26)22-17-9-11-18(12-10-17)27(23,24)21-16-5-3-2-4-6-16/h2-13,21-22H,1H3. The minimum Gasteiger partial charge on any atom is -0.280 e. The molecule has 0 aliphatic heterocycles. The molecule has 146 valence electrons. The molecule has 0 saturated carbocycles. The molecule has 28 heavy (non-hydrogen) atoms. The maximum absolute atomic E-state index is 12.6. The molecule has 0 aliphatic carbocycles. The molecule has 0 bridgehead atoms. The number of anilines is 2. The van der Waals surface area contributed by atoms with Crippen LogP contribution in [0.15, 0.2) is 82.6 Å². The topological polar surface area (TPSA) is 92.3 Å². The van der Waals surface area contributed by atoms with Crippen LogP contribution in [-0.4, -0.2) is 16.8 Å². The Balaban J connectivity index is 1.82. The lowest BCUT2D eigenvalue weighted by Gasteiger charge is -2.12. The van der Waals surface area contributed by atoms with Gasteiger partial charge in [0.15, 0.2) is 0 Å². The first kappa shape index (κ1) is 20.2. The van der Waals surface area contributed by atoms with Crippen LogP contribution in [0.25, 0.3) is 0 Å². The first-order valence-corrected chi connectivity index (χ1v) is 11.5. The normalized spacial score (nSPS) is 11.8. The lowest BCUT2D eigenvalue weighted by molar-refractivity contribution is 0.599. The van der Waals surface area contributed by atoms with E-state index in [9.17, 15) is 16.8 Å². The van der Waals surface area contributed by atoms with E-state index in [1.807, 2.05) is 0 Å². The van der Waals surface area contributed by atoms with Crippen molar-refractivity contribution < 1.29 is 16.8 Å². The molecule has 3 aromatic carbocycles. The highest BCUT2D eigenvalue weighted by Gasteiger charge is 2.19. The third-order valence-corrected chi connectivity index (χ3v) is 7.04. The van der Waals surface area contributed by atoms with Crippen LogP contribution in [0.4, 0.5) is 11.4 Å². The summed E-state index contributed by atoms with van der Waals surface area (Å²) in [6, 6.07) is 18.5. The molecule has 9 heteroatoms. The third kappa shape index (κ3) is 4.64. The molecule has 0 unspecified atom stereocenters. The Morgan fingerprint density at radius 2 is 1.29 bits per heavy atom. The van der Waals surface area contributed by atoms with Crippen LogP contribution in [0.3, 0.4) is 0 Å². The van der Waals surface area contributed by atoms with E-state index in [1.54, 1.807) is 49.4 Å². The van der Waals surface area contributed by atoms with E-state index in [1.165, 1.54) is 30.3 Å². The Bertz CT molecular complexity index is 1190. The van der Waals surface area contributed by atoms with E-state index in [0.29, 0.717) is 16.3 Å². The minimum absolute atomic E-state index is 0.0123. The number of halogens is 1. The number of para-hydroxylation sites is 1. The highest BCUT2D eigenvalue weighted by atomic mass is 35.5. The first-order chi connectivity index (χ1) is 13.2. The smallest absolute Gasteiger partial charge is 0.262 e. The van der Waals surface area contributed by atoms with Gasteiger partial charge in [-0.3, -0.25) is 9.44 Å². The Hall–Kier alpha value is -2.55. The second-order valence-electron chi connectivity index (χ2n) is 6.01. The minimum atomic E-state index is -3.86. The molecule has 0 spiro atoms. The Morgan fingerprint density at radius 3 is 1.93 bits per heavy atom. The summed E-state index contributed by atoms with van der Waals surface area (Å²) in [7, 11) is -7.65. The third-order valence-electron chi connectivity index (χ3n) is 3.88. The number of sulfonamides is 2. The fraction of sp³-hybridized carbons (Fsp3) is 0.0526. The van der Waals surface area contributed by atoms with Crippen molar-refractivity contribution in [2.45, 2.75) is 16.7 Å². The summed E-state index contributed by atoms with van der Waals surface area (Å²) < 4.78 is 55.0. The molecule has 2 N–H and O–H groups in total. The summed E-state index contributed by atoms with van der Waals surface area (Å²) in [6.07, 6.45) is 0. The summed E-state index contributed by atoms with van der Waals surface area (Å²) in [5.74, 6) is 0. The fourth-order valence-corrected chi connectivity index (χ4v) is 5.12. The van der Waals surface area contributed by atoms with Crippen molar-refractivity contribution in [3.63, 3.8) is 0 Å². The second-order valence-corrected chi connectivity index (χ2v) is 9.78. The lowest BCUT2D eigenvalue weighted by Crippen LogP contribution is -2.15. The molecular weight excluding hydrogens is 420 g/mol. The predicted octanol–water partition coefficient (Wildman–Crippen LogP) is 4.25. The van der Waals surface area contributed by atoms with Crippen molar-refractivity contribution >= 4 is 43.0 Å². The highest BCUT2D eigenvalue weighted by molar-refractivity contribution is 7.93. The zero-order valence-electron chi connectivity index (χ0n) is 14.8. The SMILES string of the molecule is Cc1ccc(Cl)cc1S(=O)(=O)Nc1ccc(S(=O)(=O)Nc2ccccc2)cc1. The van der Waals surface area contributed by atoms with Gasteiger partial charge in [-0.25, -0.2) is 16.8 Å². The lowest BCUT2D eigenvalue weighted by atomic mass is 10.2. The number of benzene rings is 3. The maximum atomic E-state index is 12.6. The van der Waals surface area contributed by atoms with Crippen LogP contribution < -0.4 is 9.44 Å². The monoisotopic (exact) mass is 436 g/mol. The van der Waals surface area contributed by atoms with Gasteiger partial charge in [-0.05, 0) is 61.0 Å². The summed E-state index contributed by atoms with van der Waals surface area (Å²) in [4.78, 5) is 0.0701. The van der Waals surface area contributed by atoms with Crippen LogP contribution in [0.5, 0.6) is 0 Å². The predicted molar refractivity (Wildman–Crippen MR) is 111 cm³/mol. The molecule has 0 aromatic heterocycles. The van der Waals surface area contributed by atoms with Gasteiger partial charge in [0.05, 0.1) is 9.79 Å². The number of hydrogen-bond acceptors (Lipinski definition) is 4. The Labute approximate surface area is 169 Å². The molecule has 0 atom stereocenters. The highest BCUT2D eigenvalue weighted by Crippen LogP contribution is 2.24. The summed E-state index contributed by atoms with van der Waals surface area (Å²) in [6.45, 7) is 1.66. The Kier molecular flexibility index (Phi) is 5.64. The van der Waals surface area contributed by atoms with Crippen LogP contribution in [0.2, 0.25) is 5.02 Å². The molecule has 0 aliphatic rings. The van der Waals surface area contributed by atoms with Gasteiger partial charge in [-0.2, -0.15) is 0 Å². The summed E-state index contributed by atoms with van der Waals surface area (Å²) in [5, 5.41) is 0.305. The molecule has 0 amide bonds. The van der Waals surface area contributed by atoms with E-state index in [2.05, 4.69) is 9.44 Å². The number of aryl methyl sites for hydroxylation is 1. The van der Waals surface area contributed by atoms with Crippen molar-refractivity contribution in [2.75, 3.05) is 9.44 Å². The van der Waals surface area contributed by atoms with Crippen LogP contribution in [-0.2, 0) is 20.0 Å². The van der Waals surface area contributed by atoms with E-state index < -0.39 is 20.0 Å². The molecule has 0 radical (unpaired) electrons. The Morgan fingerprint density at radius 1 is 0.714 bits per heavy atom. The van der Waals surface area contributed by atoms with Gasteiger partial charge < -0.3 is 0 Å². The number of rotatable bonds is 6. The van der Waals surface area contributed by atoms with Crippen LogP contribution in [0, 0.1) is 6.92 Å². The van der Waals surface area contributed by atoms with Gasteiger partial charge in [0.25, 0.3) is 20.0 Å². The molecule has 3 aromatic rings. The average Bonchev–Trinajstić information content (AvgIpc) is 2.64. The first-order valence-electron chi connectivity index (χ1n) is 8.14. The van der Waals surface area contributed by atoms with Crippen molar-refractivity contribution in [3.8, 4) is 0 Å². The van der Waals surface area contributed by atoms with Gasteiger partial charge >= 0.3 is 0 Å². The second kappa shape index (κ2) is 7.83. The zero-order valence-corrected chi connectivity index (χ0v) is 17.1. The van der Waals surface area contributed by atoms with Gasteiger partial charge in [-0.15, -0.1) is 0 Å². The van der Waals surface area contributed by atoms with Crippen LogP contribution >= 0.6 is 11.6 Å². The van der Waals surface area contributed by atoms with E-state index >= 15 is 0 Å². The van der Waals surface area contributed by atoms with Crippen LogP contribution in [0.1, 0.15) is 5.56 Å². The summed E-state index contributed by atoms with van der Waals surface area (Å²) >= 11 is 5.90. The van der Waals surface area contributed by atoms with Crippen molar-refractivity contribution in [3.05, 3.63) is 83.4 Å². The van der Waals surface area contributed by atoms with Gasteiger partial charge in [0.1, 0.15) is 0 Å². The molecule has 6 nitrogen and oxygen atoms in total. The summed E-state index contributed by atoms with van der Waals surface area (Å²) in [5.41, 5.74) is 1.21. The maximum Gasteiger partial charge on any atom is 0.262 e. The van der Waals surface area contributed by atoms with Crippen molar-refractivity contribution in [1.29, 1.82) is 0 Å². The zero-order chi connectivity index (χ0) is 20.4. The van der Waals surface area contributed by atoms with E-state index in [0.717, 1.165) is 0 Å². The molecular formula is C19H17ClN2O4S2. The molecule has 0 fully saturated rings. The number of nitrogens with one attached hydrogen (secondary N) is 2. The largest absolute Gasteiger partial charge is 0.280 e. The van der Waals surface area contributed by atoms with E-state index in [4.69, 9.17) is 11.6 Å².